The van der Waals surface area contributed by atoms with Gasteiger partial charge in [0.25, 0.3) is 0 Å². The van der Waals surface area contributed by atoms with E-state index in [4.69, 9.17) is 4.98 Å². The zero-order chi connectivity index (χ0) is 41.9. The molecule has 0 bridgehead atoms. The summed E-state index contributed by atoms with van der Waals surface area (Å²) in [4.78, 5) is 61.6. The van der Waals surface area contributed by atoms with Crippen molar-refractivity contribution in [3.63, 3.8) is 0 Å². The van der Waals surface area contributed by atoms with Crippen molar-refractivity contribution in [2.45, 2.75) is 77.5 Å². The third-order valence-electron chi connectivity index (χ3n) is 12.3. The van der Waals surface area contributed by atoms with Crippen molar-refractivity contribution < 1.29 is 19.5 Å². The van der Waals surface area contributed by atoms with Crippen molar-refractivity contribution >= 4 is 28.7 Å². The molecule has 1 unspecified atom stereocenters. The van der Waals surface area contributed by atoms with E-state index in [1.54, 1.807) is 4.90 Å². The first-order valence-corrected chi connectivity index (χ1v) is 21.3. The minimum absolute atomic E-state index is 0.0959. The maximum Gasteiger partial charge on any atom is 0.405 e. The second-order valence-electron chi connectivity index (χ2n) is 16.3. The first kappa shape index (κ1) is 40.5. The van der Waals surface area contributed by atoms with Gasteiger partial charge in [-0.15, -0.1) is 0 Å². The molecule has 0 aliphatic carbocycles. The van der Waals surface area contributed by atoms with Crippen LogP contribution in [0.25, 0.3) is 44.4 Å². The molecule has 12 heteroatoms. The minimum Gasteiger partial charge on any atom is -0.465 e. The van der Waals surface area contributed by atoms with E-state index < -0.39 is 12.1 Å². The highest BCUT2D eigenvalue weighted by Gasteiger charge is 2.39. The predicted molar refractivity (Wildman–Crippen MR) is 234 cm³/mol. The van der Waals surface area contributed by atoms with E-state index in [2.05, 4.69) is 112 Å². The summed E-state index contributed by atoms with van der Waals surface area (Å²) < 4.78 is 0. The van der Waals surface area contributed by atoms with Crippen LogP contribution < -0.4 is 5.32 Å². The van der Waals surface area contributed by atoms with Crippen LogP contribution in [0.1, 0.15) is 88.7 Å². The molecule has 2 aromatic heterocycles. The number of nitrogens with zero attached hydrogens (tertiary/aromatic N) is 5. The van der Waals surface area contributed by atoms with Gasteiger partial charge in [-0.05, 0) is 89.8 Å². The average Bonchev–Trinajstić information content (AvgIpc) is 4.11. The third-order valence-corrected chi connectivity index (χ3v) is 12.3. The van der Waals surface area contributed by atoms with E-state index in [-0.39, 0.29) is 35.9 Å². The molecule has 2 saturated heterocycles. The number of fused-ring (bicyclic) bond motifs is 1. The van der Waals surface area contributed by atoms with Crippen LogP contribution in [0.5, 0.6) is 0 Å². The molecule has 4 heterocycles. The predicted octanol–water partition coefficient (Wildman–Crippen LogP) is 8.99. The molecular weight excluding hydrogens is 753 g/mol. The lowest BCUT2D eigenvalue weighted by molar-refractivity contribution is -0.138. The van der Waals surface area contributed by atoms with E-state index in [9.17, 15) is 19.5 Å². The number of aromatic amines is 2. The van der Waals surface area contributed by atoms with Gasteiger partial charge in [0.2, 0.25) is 11.8 Å². The Bertz CT molecular complexity index is 2460. The van der Waals surface area contributed by atoms with Gasteiger partial charge in [0, 0.05) is 18.7 Å². The molecule has 8 rings (SSSR count). The molecule has 0 spiro atoms. The number of hydrogen-bond acceptors (Lipinski definition) is 6. The molecule has 12 nitrogen and oxygen atoms in total. The number of rotatable bonds is 13. The lowest BCUT2D eigenvalue weighted by Gasteiger charge is -2.34. The van der Waals surface area contributed by atoms with Crippen molar-refractivity contribution in [2.75, 3.05) is 26.2 Å². The smallest absolute Gasteiger partial charge is 0.405 e. The second-order valence-corrected chi connectivity index (χ2v) is 16.3. The van der Waals surface area contributed by atoms with Gasteiger partial charge >= 0.3 is 6.09 Å². The lowest BCUT2D eigenvalue weighted by Crippen LogP contribution is -2.50. The molecule has 4 N–H and O–H groups in total. The highest BCUT2D eigenvalue weighted by molar-refractivity contribution is 5.91. The molecule has 4 aromatic carbocycles. The van der Waals surface area contributed by atoms with Crippen molar-refractivity contribution in [3.05, 3.63) is 121 Å². The summed E-state index contributed by atoms with van der Waals surface area (Å²) in [5, 5.41) is 13.9. The summed E-state index contributed by atoms with van der Waals surface area (Å²) in [7, 11) is 0. The summed E-state index contributed by atoms with van der Waals surface area (Å²) in [5.74, 6) is 1.27. The zero-order valence-electron chi connectivity index (χ0n) is 34.8. The molecule has 0 saturated carbocycles. The van der Waals surface area contributed by atoms with Gasteiger partial charge in [-0.25, -0.2) is 14.8 Å². The molecular formula is C48H54N8O4. The number of carbonyl (C=O) groups excluding carboxylic acids is 2. The Morgan fingerprint density at radius 2 is 1.23 bits per heavy atom. The van der Waals surface area contributed by atoms with E-state index in [0.29, 0.717) is 18.9 Å². The summed E-state index contributed by atoms with van der Waals surface area (Å²) in [6.45, 7) is 10.8. The average molecular weight is 807 g/mol. The van der Waals surface area contributed by atoms with Crippen LogP contribution in [0, 0.1) is 5.92 Å². The molecule has 4 atom stereocenters. The number of H-pyrrole nitrogens is 2. The Morgan fingerprint density at radius 3 is 1.80 bits per heavy atom. The largest absolute Gasteiger partial charge is 0.465 e. The van der Waals surface area contributed by atoms with Gasteiger partial charge in [-0.3, -0.25) is 14.5 Å². The molecule has 3 amide bonds. The van der Waals surface area contributed by atoms with Crippen LogP contribution in [0.3, 0.4) is 0 Å². The van der Waals surface area contributed by atoms with Crippen LogP contribution in [-0.2, 0) is 9.59 Å². The quantitative estimate of drug-likeness (QED) is 0.0910. The molecule has 310 valence electrons. The SMILES string of the molecule is CCN(CC)C(C(=O)N1CCC[C@H]1c1ncc(-c2ccc(-c3ccc4cc(-c5cnc([C@@H]6CCCN6C(=O)[C@@H](NC(=O)O)C(C)C)[nH]5)ccc4c3)cc2)[nH]1)c1ccccc1. The monoisotopic (exact) mass is 806 g/mol. The van der Waals surface area contributed by atoms with Crippen molar-refractivity contribution in [1.82, 2.24) is 40.0 Å². The molecule has 6 aromatic rings. The molecule has 0 radical (unpaired) electrons. The number of likely N-dealkylation sites (tertiary alicyclic amines) is 2. The summed E-state index contributed by atoms with van der Waals surface area (Å²) in [6, 6.07) is 30.0. The van der Waals surface area contributed by atoms with E-state index in [1.807, 2.05) is 49.3 Å². The van der Waals surface area contributed by atoms with Crippen molar-refractivity contribution in [1.29, 1.82) is 0 Å². The van der Waals surface area contributed by atoms with Crippen molar-refractivity contribution in [2.24, 2.45) is 5.92 Å². The first-order chi connectivity index (χ1) is 29.1. The summed E-state index contributed by atoms with van der Waals surface area (Å²) in [5.41, 5.74) is 7.05. The lowest BCUT2D eigenvalue weighted by atomic mass is 9.98. The fraction of sp³-hybridized carbons (Fsp3) is 0.354. The van der Waals surface area contributed by atoms with Gasteiger partial charge < -0.3 is 30.2 Å². The molecule has 2 aliphatic rings. The van der Waals surface area contributed by atoms with E-state index >= 15 is 0 Å². The fourth-order valence-electron chi connectivity index (χ4n) is 9.09. The van der Waals surface area contributed by atoms with Crippen LogP contribution in [0.15, 0.2) is 103 Å². The summed E-state index contributed by atoms with van der Waals surface area (Å²) >= 11 is 0. The Kier molecular flexibility index (Phi) is 11.8. The third kappa shape index (κ3) is 8.16. The van der Waals surface area contributed by atoms with Crippen LogP contribution in [0.2, 0.25) is 0 Å². The van der Waals surface area contributed by atoms with Gasteiger partial charge in [0.1, 0.15) is 23.7 Å². The highest BCUT2D eigenvalue weighted by atomic mass is 16.4. The number of likely N-dealkylation sites (N-methyl/N-ethyl adjacent to an activating group) is 1. The molecule has 60 heavy (non-hydrogen) atoms. The standard InChI is InChI=1S/C48H54N8O4/c1-5-54(6-2)43(33-12-8-7-9-13-33)47(58)56-25-11-15-41(56)45-49-28-38(51-45)32-18-16-31(17-19-32)34-20-21-36-27-37(23-22-35(36)26-34)39-29-50-44(52-39)40-14-10-24-55(40)46(57)42(30(3)4)53-48(59)60/h7-9,12-13,16-23,26-30,40-43,53H,5-6,10-11,14-15,24-25H2,1-4H3,(H,49,51)(H,50,52)(H,59,60)/t40-,41-,42-,43?/m0/s1. The number of hydrogen-bond donors (Lipinski definition) is 4. The Hall–Kier alpha value is -6.27. The van der Waals surface area contributed by atoms with Crippen LogP contribution in [-0.4, -0.2) is 89.9 Å². The number of carboxylic acid groups (broad SMARTS) is 1. The minimum atomic E-state index is -1.20. The maximum absolute atomic E-state index is 14.2. The van der Waals surface area contributed by atoms with Gasteiger partial charge in [-0.1, -0.05) is 107 Å². The van der Waals surface area contributed by atoms with Gasteiger partial charge in [0.15, 0.2) is 0 Å². The zero-order valence-corrected chi connectivity index (χ0v) is 34.8. The second kappa shape index (κ2) is 17.5. The number of amides is 3. The normalized spacial score (nSPS) is 17.8. The van der Waals surface area contributed by atoms with Gasteiger partial charge in [-0.2, -0.15) is 0 Å². The van der Waals surface area contributed by atoms with E-state index in [0.717, 1.165) is 94.6 Å². The number of nitrogens with one attached hydrogen (secondary N) is 3. The highest BCUT2D eigenvalue weighted by Crippen LogP contribution is 2.37. The topological polar surface area (TPSA) is 151 Å². The maximum atomic E-state index is 14.2. The van der Waals surface area contributed by atoms with Crippen LogP contribution >= 0.6 is 0 Å². The molecule has 2 aliphatic heterocycles. The first-order valence-electron chi connectivity index (χ1n) is 21.3. The number of imidazole rings is 2. The van der Waals surface area contributed by atoms with E-state index in [1.165, 1.54) is 0 Å². The van der Waals surface area contributed by atoms with Crippen LogP contribution in [0.4, 0.5) is 4.79 Å². The number of benzene rings is 4. The number of carbonyl (C=O) groups is 3. The number of aromatic nitrogens is 4. The Labute approximate surface area is 351 Å². The van der Waals surface area contributed by atoms with Gasteiger partial charge in [0.05, 0.1) is 35.9 Å². The Morgan fingerprint density at radius 1 is 0.717 bits per heavy atom. The fourth-order valence-corrected chi connectivity index (χ4v) is 9.09. The molecule has 2 fully saturated rings. The summed E-state index contributed by atoms with van der Waals surface area (Å²) in [6.07, 6.45) is 5.89. The Balaban J connectivity index is 0.950. The van der Waals surface area contributed by atoms with Crippen molar-refractivity contribution in [3.8, 4) is 33.6 Å².